The van der Waals surface area contributed by atoms with Gasteiger partial charge in [-0.1, -0.05) is 150 Å². The summed E-state index contributed by atoms with van der Waals surface area (Å²) in [4.78, 5) is 26.1. The van der Waals surface area contributed by atoms with Crippen LogP contribution in [0.2, 0.25) is 0 Å². The van der Waals surface area contributed by atoms with E-state index in [1.165, 1.54) is 60.6 Å². The van der Waals surface area contributed by atoms with Gasteiger partial charge in [-0.15, -0.1) is 34.0 Å². The third kappa shape index (κ3) is 29.6. The standard InChI is InChI=1S/C12H19N.C12H17N.C11H13NS.C11H15N.C10H15NOS.C10H15NS.2CH4/c1-9(2)11(4)7-12-6-5-10(3)8-13-12;1-9(2)11(4)8-12-7-10(3)5-6-13-12;1-7(2)9-4-5-11-10(6-9)12-8(3)13-11;1-9(2)10(3)8-11-6-4-5-7-12-11;1-7(2)8(3)4-9-6-13-10(5-12)11-9;1-7(2)8(3)5-10-6-12-9(4)11-10;;/h5,7-9,12H,6H2,1-4H3;5-9H,1-4H3;4-7H,1-3H3;4-9H,1-3H3;4,6-7,12H,5H2,1-3H3;5-7H,1-4H3;2*1H4/b11-7+;11-8+;;10-8+;8-4+;8-5+;;. The van der Waals surface area contributed by atoms with Crippen LogP contribution in [0, 0.1) is 50.4 Å². The Balaban J connectivity index is 0.000000908. The lowest BCUT2D eigenvalue weighted by molar-refractivity contribution is 0.281. The number of aromatic nitrogens is 5. The van der Waals surface area contributed by atoms with E-state index in [1.807, 2.05) is 55.2 Å². The molecule has 6 aromatic rings. The van der Waals surface area contributed by atoms with Crippen molar-refractivity contribution in [3.63, 3.8) is 0 Å². The molecule has 10 heteroatoms. The van der Waals surface area contributed by atoms with Crippen molar-refractivity contribution < 1.29 is 5.11 Å². The van der Waals surface area contributed by atoms with E-state index < -0.39 is 0 Å². The number of allylic oxidation sites excluding steroid dienone is 6. The predicted octanol–water partition coefficient (Wildman–Crippen LogP) is 21.2. The molecule has 0 fully saturated rings. The molecule has 1 aliphatic heterocycles. The number of pyridine rings is 2. The van der Waals surface area contributed by atoms with Crippen molar-refractivity contribution in [2.24, 2.45) is 34.6 Å². The molecule has 7 nitrogen and oxygen atoms in total. The zero-order valence-corrected chi connectivity index (χ0v) is 52.7. The van der Waals surface area contributed by atoms with Crippen LogP contribution < -0.4 is 0 Å². The highest BCUT2D eigenvalue weighted by Gasteiger charge is 2.08. The highest BCUT2D eigenvalue weighted by molar-refractivity contribution is 7.18. The van der Waals surface area contributed by atoms with Gasteiger partial charge in [0.1, 0.15) is 5.01 Å². The van der Waals surface area contributed by atoms with Crippen LogP contribution in [0.4, 0.5) is 0 Å². The van der Waals surface area contributed by atoms with Gasteiger partial charge in [0.2, 0.25) is 0 Å². The van der Waals surface area contributed by atoms with E-state index in [2.05, 4.69) is 234 Å². The van der Waals surface area contributed by atoms with E-state index >= 15 is 0 Å². The molecule has 6 heterocycles. The second kappa shape index (κ2) is 38.4. The third-order valence-electron chi connectivity index (χ3n) is 12.8. The van der Waals surface area contributed by atoms with Crippen molar-refractivity contribution >= 4 is 74.7 Å². The van der Waals surface area contributed by atoms with Gasteiger partial charge in [0.25, 0.3) is 0 Å². The molecule has 5 aromatic heterocycles. The average molecular weight is 1120 g/mol. The SMILES string of the molecule is C.C.C/C(=C\c1cc(C)ccn1)C(C)C.C/C(=C\c1ccccn1)C(C)C.C/C(=C\c1csc(C)n1)C(C)C.C/C(=C\c1csc(CO)n1)C(C)C.CC1=CCC(/C=C(\C)C(C)C)N=C1.Cc1nc2cc(C(C)C)ccc2s1. The summed E-state index contributed by atoms with van der Waals surface area (Å²) < 4.78 is 1.29. The molecule has 1 aliphatic rings. The number of nitrogens with zero attached hydrogens (tertiary/aromatic N) is 6. The minimum absolute atomic E-state index is 0. The Bertz CT molecular complexity index is 2840. The number of hydrogen-bond donors (Lipinski definition) is 1. The van der Waals surface area contributed by atoms with Crippen molar-refractivity contribution in [3.05, 3.63) is 166 Å². The van der Waals surface area contributed by atoms with Crippen LogP contribution in [0.1, 0.15) is 201 Å². The van der Waals surface area contributed by atoms with Gasteiger partial charge in [0, 0.05) is 29.4 Å². The van der Waals surface area contributed by atoms with Crippen molar-refractivity contribution in [1.29, 1.82) is 0 Å². The summed E-state index contributed by atoms with van der Waals surface area (Å²) >= 11 is 4.96. The van der Waals surface area contributed by atoms with Crippen LogP contribution in [0.15, 0.2) is 122 Å². The number of aliphatic hydroxyl groups is 1. The number of benzene rings is 1. The summed E-state index contributed by atoms with van der Waals surface area (Å²) in [6.07, 6.45) is 19.8. The van der Waals surface area contributed by atoms with Crippen molar-refractivity contribution in [2.75, 3.05) is 0 Å². The van der Waals surface area contributed by atoms with Gasteiger partial charge in [0.15, 0.2) is 0 Å². The Kier molecular flexibility index (Phi) is 35.8. The molecular weight excluding hydrogens is 1010 g/mol. The first-order valence-electron chi connectivity index (χ1n) is 27.1. The maximum absolute atomic E-state index is 8.82. The first-order valence-corrected chi connectivity index (χ1v) is 29.6. The molecule has 0 radical (unpaired) electrons. The zero-order valence-electron chi connectivity index (χ0n) is 50.3. The third-order valence-corrected chi connectivity index (χ3v) is 15.4. The number of rotatable bonds is 12. The molecule has 78 heavy (non-hydrogen) atoms. The molecule has 0 saturated heterocycles. The monoisotopic (exact) mass is 1110 g/mol. The molecular formula is C68H102N6OS3. The van der Waals surface area contributed by atoms with E-state index in [0.29, 0.717) is 41.5 Å². The molecule has 0 amide bonds. The summed E-state index contributed by atoms with van der Waals surface area (Å²) in [5.41, 5.74) is 16.1. The lowest BCUT2D eigenvalue weighted by Gasteiger charge is -2.13. The van der Waals surface area contributed by atoms with Gasteiger partial charge in [-0.2, -0.15) is 0 Å². The Labute approximate surface area is 487 Å². The van der Waals surface area contributed by atoms with E-state index in [9.17, 15) is 0 Å². The molecule has 1 aromatic carbocycles. The topological polar surface area (TPSA) is 97.0 Å². The molecule has 1 N–H and O–H groups in total. The molecule has 0 aliphatic carbocycles. The second-order valence-electron chi connectivity index (χ2n) is 21.5. The number of aliphatic imine (C=N–C) groups is 1. The molecule has 1 atom stereocenters. The van der Waals surface area contributed by atoms with Crippen molar-refractivity contribution in [1.82, 2.24) is 24.9 Å². The minimum Gasteiger partial charge on any atom is -0.389 e. The van der Waals surface area contributed by atoms with E-state index in [1.54, 1.807) is 22.7 Å². The maximum atomic E-state index is 8.82. The Morgan fingerprint density at radius 2 is 1.10 bits per heavy atom. The first kappa shape index (κ1) is 72.7. The normalized spacial score (nSPS) is 13.8. The zero-order chi connectivity index (χ0) is 57.1. The molecule has 0 spiro atoms. The Morgan fingerprint density at radius 3 is 1.55 bits per heavy atom. The highest BCUT2D eigenvalue weighted by Crippen LogP contribution is 2.26. The fourth-order valence-electron chi connectivity index (χ4n) is 6.27. The van der Waals surface area contributed by atoms with Crippen LogP contribution in [0.5, 0.6) is 0 Å². The Morgan fingerprint density at radius 1 is 0.577 bits per heavy atom. The van der Waals surface area contributed by atoms with Gasteiger partial charge < -0.3 is 5.11 Å². The number of dihydropyridines is 1. The maximum Gasteiger partial charge on any atom is 0.119 e. The van der Waals surface area contributed by atoms with Crippen LogP contribution >= 0.6 is 34.0 Å². The highest BCUT2D eigenvalue weighted by atomic mass is 32.1. The van der Waals surface area contributed by atoms with Crippen molar-refractivity contribution in [2.45, 2.75) is 185 Å². The smallest absolute Gasteiger partial charge is 0.119 e. The number of hydrogen-bond acceptors (Lipinski definition) is 10. The van der Waals surface area contributed by atoms with E-state index in [0.717, 1.165) is 49.7 Å². The lowest BCUT2D eigenvalue weighted by atomic mass is 10.00. The van der Waals surface area contributed by atoms with Crippen LogP contribution in [-0.2, 0) is 6.61 Å². The first-order chi connectivity index (χ1) is 35.8. The molecule has 428 valence electrons. The van der Waals surface area contributed by atoms with Crippen LogP contribution in [0.3, 0.4) is 0 Å². The second-order valence-corrected chi connectivity index (χ2v) is 24.7. The van der Waals surface area contributed by atoms with Gasteiger partial charge in [0.05, 0.1) is 55.7 Å². The molecule has 7 rings (SSSR count). The molecule has 1 unspecified atom stereocenters. The summed E-state index contributed by atoms with van der Waals surface area (Å²) in [6.45, 7) is 45.4. The summed E-state index contributed by atoms with van der Waals surface area (Å²) in [5.74, 6) is 3.61. The van der Waals surface area contributed by atoms with E-state index in [-0.39, 0.29) is 21.5 Å². The largest absolute Gasteiger partial charge is 0.389 e. The lowest BCUT2D eigenvalue weighted by Crippen LogP contribution is -2.06. The molecule has 0 saturated carbocycles. The van der Waals surface area contributed by atoms with Gasteiger partial charge in [-0.05, 0) is 182 Å². The van der Waals surface area contributed by atoms with Crippen molar-refractivity contribution in [3.8, 4) is 0 Å². The number of aryl methyl sites for hydroxylation is 3. The minimum atomic E-state index is 0. The molecule has 0 bridgehead atoms. The average Bonchev–Trinajstić information content (AvgIpc) is 4.11. The van der Waals surface area contributed by atoms with E-state index in [4.69, 9.17) is 5.11 Å². The summed E-state index contributed by atoms with van der Waals surface area (Å²) in [5, 5.41) is 16.0. The summed E-state index contributed by atoms with van der Waals surface area (Å²) in [6, 6.07) is 17.0. The van der Waals surface area contributed by atoms with Gasteiger partial charge >= 0.3 is 0 Å². The van der Waals surface area contributed by atoms with Crippen LogP contribution in [-0.4, -0.2) is 42.3 Å². The fraction of sp³-hybridized carbons (Fsp3) is 0.471. The number of thiazole rings is 3. The van der Waals surface area contributed by atoms with Crippen LogP contribution in [0.25, 0.3) is 34.5 Å². The fourth-order valence-corrected chi connectivity index (χ4v) is 8.26. The Hall–Kier alpha value is -5.26. The van der Waals surface area contributed by atoms with Gasteiger partial charge in [-0.3, -0.25) is 15.0 Å². The number of fused-ring (bicyclic) bond motifs is 1. The quantitative estimate of drug-likeness (QED) is 0.123. The van der Waals surface area contributed by atoms with Gasteiger partial charge in [-0.25, -0.2) is 15.0 Å². The predicted molar refractivity (Wildman–Crippen MR) is 353 cm³/mol. The number of aliphatic hydroxyl groups excluding tert-OH is 1. The summed E-state index contributed by atoms with van der Waals surface area (Å²) in [7, 11) is 0.